The van der Waals surface area contributed by atoms with Crippen LogP contribution in [-0.4, -0.2) is 43.4 Å². The van der Waals surface area contributed by atoms with Crippen LogP contribution in [0.2, 0.25) is 5.02 Å². The summed E-state index contributed by atoms with van der Waals surface area (Å²) in [6, 6.07) is 5.52. The van der Waals surface area contributed by atoms with Crippen LogP contribution >= 0.6 is 27.5 Å². The van der Waals surface area contributed by atoms with E-state index in [-0.39, 0.29) is 6.61 Å². The van der Waals surface area contributed by atoms with Crippen LogP contribution in [0.5, 0.6) is 5.75 Å². The first-order valence-corrected chi connectivity index (χ1v) is 7.68. The third-order valence-corrected chi connectivity index (χ3v) is 3.68. The lowest BCUT2D eigenvalue weighted by Gasteiger charge is -2.17. The second-order valence-corrected chi connectivity index (χ2v) is 5.80. The topological polar surface area (TPSA) is 32.7 Å². The van der Waals surface area contributed by atoms with Crippen LogP contribution < -0.4 is 4.74 Å². The molecule has 0 aromatic heterocycles. The van der Waals surface area contributed by atoms with Gasteiger partial charge in [-0.2, -0.15) is 0 Å². The van der Waals surface area contributed by atoms with Gasteiger partial charge in [0.05, 0.1) is 4.47 Å². The Morgan fingerprint density at radius 1 is 1.26 bits per heavy atom. The van der Waals surface area contributed by atoms with E-state index < -0.39 is 0 Å². The van der Waals surface area contributed by atoms with Crippen molar-refractivity contribution in [3.05, 3.63) is 27.7 Å². The lowest BCUT2D eigenvalue weighted by Crippen LogP contribution is -2.25. The van der Waals surface area contributed by atoms with Crippen molar-refractivity contribution in [2.45, 2.75) is 19.3 Å². The SMILES string of the molecule is CN(CCCCCO)CCOc1ccc(Cl)cc1Br. The van der Waals surface area contributed by atoms with Gasteiger partial charge in [-0.1, -0.05) is 11.6 Å². The van der Waals surface area contributed by atoms with Crippen LogP contribution in [0.4, 0.5) is 0 Å². The van der Waals surface area contributed by atoms with Crippen LogP contribution in [0.3, 0.4) is 0 Å². The maximum absolute atomic E-state index is 8.70. The number of benzene rings is 1. The Labute approximate surface area is 128 Å². The molecule has 0 radical (unpaired) electrons. The molecule has 1 aromatic carbocycles. The molecule has 0 fully saturated rings. The molecule has 19 heavy (non-hydrogen) atoms. The van der Waals surface area contributed by atoms with E-state index in [1.165, 1.54) is 0 Å². The molecule has 0 heterocycles. The van der Waals surface area contributed by atoms with Gasteiger partial charge in [-0.3, -0.25) is 0 Å². The fraction of sp³-hybridized carbons (Fsp3) is 0.571. The third kappa shape index (κ3) is 7.16. The highest BCUT2D eigenvalue weighted by Gasteiger charge is 2.03. The highest BCUT2D eigenvalue weighted by molar-refractivity contribution is 9.10. The summed E-state index contributed by atoms with van der Waals surface area (Å²) in [5, 5.41) is 9.39. The van der Waals surface area contributed by atoms with Crippen LogP contribution in [-0.2, 0) is 0 Å². The number of ether oxygens (including phenoxy) is 1. The molecule has 1 N–H and O–H groups in total. The maximum Gasteiger partial charge on any atom is 0.133 e. The molecule has 0 saturated carbocycles. The van der Waals surface area contributed by atoms with Crippen molar-refractivity contribution in [2.24, 2.45) is 0 Å². The number of aliphatic hydroxyl groups is 1. The lowest BCUT2D eigenvalue weighted by molar-refractivity contribution is 0.229. The predicted octanol–water partition coefficient (Wildman–Crippen LogP) is 3.58. The Balaban J connectivity index is 2.18. The van der Waals surface area contributed by atoms with E-state index in [0.717, 1.165) is 42.6 Å². The second kappa shape index (κ2) is 9.59. The van der Waals surface area contributed by atoms with Gasteiger partial charge in [0.1, 0.15) is 12.4 Å². The second-order valence-electron chi connectivity index (χ2n) is 4.51. The van der Waals surface area contributed by atoms with E-state index >= 15 is 0 Å². The molecular formula is C14H21BrClNO2. The van der Waals surface area contributed by atoms with Gasteiger partial charge in [-0.05, 0) is 67.0 Å². The summed E-state index contributed by atoms with van der Waals surface area (Å²) in [7, 11) is 2.08. The van der Waals surface area contributed by atoms with Gasteiger partial charge in [0.25, 0.3) is 0 Å². The van der Waals surface area contributed by atoms with Gasteiger partial charge in [0.15, 0.2) is 0 Å². The Hall–Kier alpha value is -0.290. The van der Waals surface area contributed by atoms with Crippen molar-refractivity contribution in [1.82, 2.24) is 4.90 Å². The van der Waals surface area contributed by atoms with Crippen LogP contribution in [0.1, 0.15) is 19.3 Å². The van der Waals surface area contributed by atoms with Gasteiger partial charge in [-0.15, -0.1) is 0 Å². The van der Waals surface area contributed by atoms with Crippen molar-refractivity contribution < 1.29 is 9.84 Å². The maximum atomic E-state index is 8.70. The molecule has 0 spiro atoms. The highest BCUT2D eigenvalue weighted by atomic mass is 79.9. The van der Waals surface area contributed by atoms with Gasteiger partial charge in [-0.25, -0.2) is 0 Å². The largest absolute Gasteiger partial charge is 0.491 e. The molecule has 5 heteroatoms. The fourth-order valence-corrected chi connectivity index (χ4v) is 2.48. The average molecular weight is 351 g/mol. The van der Waals surface area contributed by atoms with Gasteiger partial charge >= 0.3 is 0 Å². The summed E-state index contributed by atoms with van der Waals surface area (Å²) >= 11 is 9.30. The molecule has 0 unspecified atom stereocenters. The first-order valence-electron chi connectivity index (χ1n) is 6.50. The summed E-state index contributed by atoms with van der Waals surface area (Å²) in [6.45, 7) is 2.85. The number of unbranched alkanes of at least 4 members (excludes halogenated alkanes) is 2. The summed E-state index contributed by atoms with van der Waals surface area (Å²) in [4.78, 5) is 2.24. The minimum Gasteiger partial charge on any atom is -0.491 e. The third-order valence-electron chi connectivity index (χ3n) is 2.82. The average Bonchev–Trinajstić information content (AvgIpc) is 2.37. The minimum atomic E-state index is 0.289. The number of nitrogens with zero attached hydrogens (tertiary/aromatic N) is 1. The molecule has 0 atom stereocenters. The number of rotatable bonds is 9. The number of halogens is 2. The zero-order valence-electron chi connectivity index (χ0n) is 11.2. The van der Waals surface area contributed by atoms with E-state index in [0.29, 0.717) is 11.6 Å². The molecule has 0 aliphatic rings. The summed E-state index contributed by atoms with van der Waals surface area (Å²) < 4.78 is 6.58. The molecule has 0 saturated heterocycles. The van der Waals surface area contributed by atoms with Crippen LogP contribution in [0.25, 0.3) is 0 Å². The Bertz CT molecular complexity index is 376. The molecule has 0 aliphatic heterocycles. The van der Waals surface area contributed by atoms with Crippen molar-refractivity contribution in [2.75, 3.05) is 33.4 Å². The van der Waals surface area contributed by atoms with E-state index in [9.17, 15) is 0 Å². The van der Waals surface area contributed by atoms with Crippen molar-refractivity contribution in [3.8, 4) is 5.75 Å². The van der Waals surface area contributed by atoms with Crippen LogP contribution in [0, 0.1) is 0 Å². The summed E-state index contributed by atoms with van der Waals surface area (Å²) in [5.41, 5.74) is 0. The molecule has 0 amide bonds. The molecule has 108 valence electrons. The van der Waals surface area contributed by atoms with E-state index in [2.05, 4.69) is 27.9 Å². The number of hydrogen-bond acceptors (Lipinski definition) is 3. The van der Waals surface area contributed by atoms with Crippen molar-refractivity contribution in [3.63, 3.8) is 0 Å². The Morgan fingerprint density at radius 3 is 2.74 bits per heavy atom. The molecular weight excluding hydrogens is 330 g/mol. The standard InChI is InChI=1S/C14H21BrClNO2/c1-17(7-3-2-4-9-18)8-10-19-14-6-5-12(16)11-13(14)15/h5-6,11,18H,2-4,7-10H2,1H3. The first-order chi connectivity index (χ1) is 9.13. The van der Waals surface area contributed by atoms with E-state index in [4.69, 9.17) is 21.4 Å². The molecule has 0 bridgehead atoms. The van der Waals surface area contributed by atoms with Crippen LogP contribution in [0.15, 0.2) is 22.7 Å². The van der Waals surface area contributed by atoms with E-state index in [1.54, 1.807) is 0 Å². The number of aliphatic hydroxyl groups excluding tert-OH is 1. The van der Waals surface area contributed by atoms with Gasteiger partial charge < -0.3 is 14.7 Å². The quantitative estimate of drug-likeness (QED) is 0.691. The normalized spacial score (nSPS) is 11.0. The van der Waals surface area contributed by atoms with Crippen molar-refractivity contribution >= 4 is 27.5 Å². The predicted molar refractivity (Wildman–Crippen MR) is 83.1 cm³/mol. The minimum absolute atomic E-state index is 0.289. The van der Waals surface area contributed by atoms with Crippen molar-refractivity contribution in [1.29, 1.82) is 0 Å². The zero-order chi connectivity index (χ0) is 14.1. The molecule has 1 rings (SSSR count). The zero-order valence-corrected chi connectivity index (χ0v) is 13.6. The Kier molecular flexibility index (Phi) is 8.46. The number of likely N-dealkylation sites (N-methyl/N-ethyl adjacent to an activating group) is 1. The summed E-state index contributed by atoms with van der Waals surface area (Å²) in [6.07, 6.45) is 3.08. The van der Waals surface area contributed by atoms with Gasteiger partial charge in [0, 0.05) is 18.2 Å². The highest BCUT2D eigenvalue weighted by Crippen LogP contribution is 2.27. The van der Waals surface area contributed by atoms with Gasteiger partial charge in [0.2, 0.25) is 0 Å². The monoisotopic (exact) mass is 349 g/mol. The molecule has 3 nitrogen and oxygen atoms in total. The Morgan fingerprint density at radius 2 is 2.05 bits per heavy atom. The molecule has 1 aromatic rings. The smallest absolute Gasteiger partial charge is 0.133 e. The van der Waals surface area contributed by atoms with E-state index in [1.807, 2.05) is 18.2 Å². The first kappa shape index (κ1) is 16.8. The lowest BCUT2D eigenvalue weighted by atomic mass is 10.2. The molecule has 0 aliphatic carbocycles. The number of hydrogen-bond donors (Lipinski definition) is 1. The fourth-order valence-electron chi connectivity index (χ4n) is 1.69. The summed E-state index contributed by atoms with van der Waals surface area (Å²) in [5.74, 6) is 0.818.